The van der Waals surface area contributed by atoms with Crippen molar-refractivity contribution in [2.24, 2.45) is 5.92 Å². The second kappa shape index (κ2) is 4.21. The fourth-order valence-corrected chi connectivity index (χ4v) is 1.92. The second-order valence-electron chi connectivity index (χ2n) is 3.82. The number of nitrogens with zero attached hydrogens (tertiary/aromatic N) is 1. The van der Waals surface area contributed by atoms with Gasteiger partial charge in [0.05, 0.1) is 5.92 Å². The molecule has 1 aromatic rings. The average Bonchev–Trinajstić information content (AvgIpc) is 2.12. The van der Waals surface area contributed by atoms with Crippen LogP contribution in [0, 0.1) is 5.92 Å². The Balaban J connectivity index is 1.90. The Hall–Kier alpha value is -1.06. The molecule has 0 aliphatic carbocycles. The van der Waals surface area contributed by atoms with Crippen LogP contribution in [0.25, 0.3) is 0 Å². The Morgan fingerprint density at radius 2 is 2.13 bits per heavy atom. The number of carboxylic acid groups (broad SMARTS) is 1. The summed E-state index contributed by atoms with van der Waals surface area (Å²) < 4.78 is 0. The van der Waals surface area contributed by atoms with Gasteiger partial charge in [-0.25, -0.2) is 0 Å². The quantitative estimate of drug-likeness (QED) is 0.854. The number of hydrogen-bond acceptors (Lipinski definition) is 2. The minimum Gasteiger partial charge on any atom is -0.481 e. The summed E-state index contributed by atoms with van der Waals surface area (Å²) >= 11 is 6.01. The van der Waals surface area contributed by atoms with Gasteiger partial charge in [0.2, 0.25) is 0 Å². The van der Waals surface area contributed by atoms with Gasteiger partial charge in [-0.2, -0.15) is 0 Å². The number of carboxylic acids is 1. The number of rotatable bonds is 3. The van der Waals surface area contributed by atoms with E-state index in [1.807, 2.05) is 24.3 Å². The summed E-state index contributed by atoms with van der Waals surface area (Å²) in [5.74, 6) is -0.905. The molecule has 0 bridgehead atoms. The summed E-state index contributed by atoms with van der Waals surface area (Å²) in [6, 6.07) is 7.65. The molecule has 0 unspecified atom stereocenters. The lowest BCUT2D eigenvalue weighted by Gasteiger charge is -2.36. The maximum Gasteiger partial charge on any atom is 0.309 e. The highest BCUT2D eigenvalue weighted by molar-refractivity contribution is 6.31. The maximum absolute atomic E-state index is 10.6. The minimum absolute atomic E-state index is 0.201. The molecule has 3 nitrogen and oxygen atoms in total. The van der Waals surface area contributed by atoms with E-state index in [1.54, 1.807) is 0 Å². The van der Waals surface area contributed by atoms with Gasteiger partial charge in [0, 0.05) is 24.7 Å². The van der Waals surface area contributed by atoms with Crippen LogP contribution in [0.4, 0.5) is 0 Å². The normalized spacial score (nSPS) is 17.4. The van der Waals surface area contributed by atoms with Crippen molar-refractivity contribution in [3.05, 3.63) is 34.9 Å². The van der Waals surface area contributed by atoms with Gasteiger partial charge in [0.25, 0.3) is 0 Å². The lowest BCUT2D eigenvalue weighted by molar-refractivity contribution is -0.147. The Morgan fingerprint density at radius 1 is 1.47 bits per heavy atom. The molecular weight excluding hydrogens is 214 g/mol. The van der Waals surface area contributed by atoms with Crippen molar-refractivity contribution in [2.75, 3.05) is 13.1 Å². The fraction of sp³-hybridized carbons (Fsp3) is 0.364. The van der Waals surface area contributed by atoms with Gasteiger partial charge >= 0.3 is 5.97 Å². The van der Waals surface area contributed by atoms with Crippen LogP contribution in [0.1, 0.15) is 5.56 Å². The number of hydrogen-bond donors (Lipinski definition) is 1. The molecule has 1 fully saturated rings. The van der Waals surface area contributed by atoms with Crippen LogP contribution < -0.4 is 0 Å². The van der Waals surface area contributed by atoms with Crippen molar-refractivity contribution < 1.29 is 9.90 Å². The first-order valence-corrected chi connectivity index (χ1v) is 5.23. The van der Waals surface area contributed by atoms with Crippen LogP contribution in [0.5, 0.6) is 0 Å². The molecule has 0 spiro atoms. The first kappa shape index (κ1) is 10.5. The van der Waals surface area contributed by atoms with Crippen LogP contribution in [0.3, 0.4) is 0 Å². The molecule has 1 saturated heterocycles. The van der Waals surface area contributed by atoms with Crippen LogP contribution >= 0.6 is 11.6 Å². The van der Waals surface area contributed by atoms with E-state index in [2.05, 4.69) is 4.90 Å². The number of aliphatic carboxylic acids is 1. The number of carbonyl (C=O) groups is 1. The molecule has 15 heavy (non-hydrogen) atoms. The van der Waals surface area contributed by atoms with Crippen LogP contribution in [-0.4, -0.2) is 29.1 Å². The molecule has 1 aliphatic rings. The zero-order valence-corrected chi connectivity index (χ0v) is 8.94. The zero-order valence-electron chi connectivity index (χ0n) is 8.19. The Morgan fingerprint density at radius 3 is 2.73 bits per heavy atom. The molecular formula is C11H12ClNO2. The van der Waals surface area contributed by atoms with Crippen LogP contribution in [0.15, 0.2) is 24.3 Å². The Labute approximate surface area is 93.3 Å². The van der Waals surface area contributed by atoms with Gasteiger partial charge in [-0.15, -0.1) is 0 Å². The van der Waals surface area contributed by atoms with Crippen LogP contribution in [0.2, 0.25) is 5.02 Å². The Bertz CT molecular complexity index is 375. The summed E-state index contributed by atoms with van der Waals surface area (Å²) in [7, 11) is 0. The molecule has 4 heteroatoms. The SMILES string of the molecule is O=C(O)C1CN(Cc2ccccc2Cl)C1. The first-order valence-electron chi connectivity index (χ1n) is 4.85. The third kappa shape index (κ3) is 2.30. The summed E-state index contributed by atoms with van der Waals surface area (Å²) in [4.78, 5) is 12.7. The minimum atomic E-state index is -0.703. The number of likely N-dealkylation sites (tertiary alicyclic amines) is 1. The van der Waals surface area contributed by atoms with E-state index in [9.17, 15) is 4.79 Å². The molecule has 0 atom stereocenters. The van der Waals surface area contributed by atoms with Gasteiger partial charge in [0.1, 0.15) is 0 Å². The smallest absolute Gasteiger partial charge is 0.309 e. The largest absolute Gasteiger partial charge is 0.481 e. The van der Waals surface area contributed by atoms with Crippen molar-refractivity contribution in [3.8, 4) is 0 Å². The van der Waals surface area contributed by atoms with Crippen LogP contribution in [-0.2, 0) is 11.3 Å². The van der Waals surface area contributed by atoms with E-state index < -0.39 is 5.97 Å². The van der Waals surface area contributed by atoms with E-state index in [1.165, 1.54) is 0 Å². The van der Waals surface area contributed by atoms with Crippen molar-refractivity contribution >= 4 is 17.6 Å². The van der Waals surface area contributed by atoms with Gasteiger partial charge in [-0.1, -0.05) is 29.8 Å². The summed E-state index contributed by atoms with van der Waals surface area (Å²) in [5.41, 5.74) is 1.06. The van der Waals surface area contributed by atoms with Crippen molar-refractivity contribution in [1.29, 1.82) is 0 Å². The highest BCUT2D eigenvalue weighted by Gasteiger charge is 2.32. The molecule has 1 aliphatic heterocycles. The van der Waals surface area contributed by atoms with E-state index >= 15 is 0 Å². The average molecular weight is 226 g/mol. The standard InChI is InChI=1S/C11H12ClNO2/c12-10-4-2-1-3-8(10)5-13-6-9(7-13)11(14)15/h1-4,9H,5-7H2,(H,14,15). The van der Waals surface area contributed by atoms with Gasteiger partial charge in [-0.05, 0) is 11.6 Å². The van der Waals surface area contributed by atoms with Gasteiger partial charge < -0.3 is 5.11 Å². The molecule has 0 amide bonds. The summed E-state index contributed by atoms with van der Waals surface area (Å²) in [6.45, 7) is 1.99. The monoisotopic (exact) mass is 225 g/mol. The third-order valence-electron chi connectivity index (χ3n) is 2.66. The Kier molecular flexibility index (Phi) is 2.93. The predicted octanol–water partition coefficient (Wildman–Crippen LogP) is 1.86. The first-order chi connectivity index (χ1) is 7.16. The van der Waals surface area contributed by atoms with E-state index in [0.717, 1.165) is 17.1 Å². The van der Waals surface area contributed by atoms with E-state index in [0.29, 0.717) is 13.1 Å². The molecule has 1 aromatic carbocycles. The lowest BCUT2D eigenvalue weighted by atomic mass is 10.00. The molecule has 1 heterocycles. The predicted molar refractivity (Wildman–Crippen MR) is 57.9 cm³/mol. The lowest BCUT2D eigenvalue weighted by Crippen LogP contribution is -2.49. The summed E-state index contributed by atoms with van der Waals surface area (Å²) in [6.07, 6.45) is 0. The van der Waals surface area contributed by atoms with E-state index in [4.69, 9.17) is 16.7 Å². The fourth-order valence-electron chi connectivity index (χ4n) is 1.72. The number of benzene rings is 1. The molecule has 1 N–H and O–H groups in total. The molecule has 0 saturated carbocycles. The van der Waals surface area contributed by atoms with Crippen molar-refractivity contribution in [2.45, 2.75) is 6.54 Å². The van der Waals surface area contributed by atoms with Gasteiger partial charge in [-0.3, -0.25) is 9.69 Å². The van der Waals surface area contributed by atoms with Crippen molar-refractivity contribution in [1.82, 2.24) is 4.90 Å². The zero-order chi connectivity index (χ0) is 10.8. The third-order valence-corrected chi connectivity index (χ3v) is 3.03. The molecule has 2 rings (SSSR count). The molecule has 0 aromatic heterocycles. The molecule has 80 valence electrons. The second-order valence-corrected chi connectivity index (χ2v) is 4.23. The number of halogens is 1. The van der Waals surface area contributed by atoms with Crippen molar-refractivity contribution in [3.63, 3.8) is 0 Å². The molecule has 0 radical (unpaired) electrons. The summed E-state index contributed by atoms with van der Waals surface area (Å²) in [5, 5.41) is 9.47. The maximum atomic E-state index is 10.6. The highest BCUT2D eigenvalue weighted by atomic mass is 35.5. The van der Waals surface area contributed by atoms with Gasteiger partial charge in [0.15, 0.2) is 0 Å². The van der Waals surface area contributed by atoms with E-state index in [-0.39, 0.29) is 5.92 Å². The highest BCUT2D eigenvalue weighted by Crippen LogP contribution is 2.22. The topological polar surface area (TPSA) is 40.5 Å².